The zero-order chi connectivity index (χ0) is 13.0. The zero-order valence-corrected chi connectivity index (χ0v) is 10.1. The molecule has 1 amide bonds. The number of nitrogen functional groups attached to an aromatic ring is 1. The van der Waals surface area contributed by atoms with E-state index in [1.165, 1.54) is 6.07 Å². The highest BCUT2D eigenvalue weighted by molar-refractivity contribution is 6.30. The number of nitrogens with two attached hydrogens (primary N) is 1. The fourth-order valence-electron chi connectivity index (χ4n) is 1.36. The van der Waals surface area contributed by atoms with Crippen LogP contribution in [0.3, 0.4) is 0 Å². The van der Waals surface area contributed by atoms with Gasteiger partial charge in [0, 0.05) is 5.02 Å². The van der Waals surface area contributed by atoms with Gasteiger partial charge in [0.05, 0.1) is 0 Å². The minimum atomic E-state index is -0.482. The predicted octanol–water partition coefficient (Wildman–Crippen LogP) is 2.12. The lowest BCUT2D eigenvalue weighted by atomic mass is 10.3. The van der Waals surface area contributed by atoms with E-state index in [1.54, 1.807) is 30.3 Å². The average Bonchev–Trinajstić information content (AvgIpc) is 2.84. The molecule has 18 heavy (non-hydrogen) atoms. The Kier molecular flexibility index (Phi) is 3.86. The van der Waals surface area contributed by atoms with E-state index in [0.717, 1.165) is 0 Å². The summed E-state index contributed by atoms with van der Waals surface area (Å²) in [5.41, 5.74) is 1.98. The first-order chi connectivity index (χ1) is 8.69. The second-order valence-electron chi connectivity index (χ2n) is 3.49. The highest BCUT2D eigenvalue weighted by Gasteiger charge is 2.09. The fraction of sp³-hybridized carbons (Fsp3) is 0.0833. The Labute approximate surface area is 108 Å². The molecule has 1 heterocycles. The van der Waals surface area contributed by atoms with Crippen molar-refractivity contribution < 1.29 is 13.9 Å². The largest absolute Gasteiger partial charge is 0.486 e. The molecule has 0 spiro atoms. The van der Waals surface area contributed by atoms with Crippen molar-refractivity contribution in [2.75, 3.05) is 0 Å². The summed E-state index contributed by atoms with van der Waals surface area (Å²) in [6.45, 7) is 0.207. The first kappa shape index (κ1) is 12.5. The lowest BCUT2D eigenvalue weighted by Crippen LogP contribution is -2.29. The third-order valence-electron chi connectivity index (χ3n) is 2.19. The molecule has 3 N–H and O–H groups in total. The summed E-state index contributed by atoms with van der Waals surface area (Å²) in [4.78, 5) is 11.2. The van der Waals surface area contributed by atoms with Crippen molar-refractivity contribution in [3.05, 3.63) is 52.9 Å². The molecule has 2 rings (SSSR count). The minimum Gasteiger partial charge on any atom is -0.486 e. The van der Waals surface area contributed by atoms with E-state index in [1.807, 2.05) is 5.43 Å². The SMILES string of the molecule is NNC(=O)c1ccc(COc2cccc(Cl)c2)o1. The summed E-state index contributed by atoms with van der Waals surface area (Å²) in [5, 5.41) is 0.593. The number of rotatable bonds is 4. The van der Waals surface area contributed by atoms with Gasteiger partial charge in [0.1, 0.15) is 18.1 Å². The molecular weight excluding hydrogens is 256 g/mol. The van der Waals surface area contributed by atoms with Crippen LogP contribution < -0.4 is 16.0 Å². The van der Waals surface area contributed by atoms with Crippen LogP contribution in [0.1, 0.15) is 16.3 Å². The molecule has 0 saturated heterocycles. The highest BCUT2D eigenvalue weighted by Crippen LogP contribution is 2.19. The van der Waals surface area contributed by atoms with Crippen LogP contribution in [-0.2, 0) is 6.61 Å². The van der Waals surface area contributed by atoms with Crippen LogP contribution in [-0.4, -0.2) is 5.91 Å². The molecule has 0 aliphatic heterocycles. The molecular formula is C12H11ClN2O3. The van der Waals surface area contributed by atoms with E-state index in [9.17, 15) is 4.79 Å². The average molecular weight is 267 g/mol. The molecule has 94 valence electrons. The summed E-state index contributed by atoms with van der Waals surface area (Å²) in [6, 6.07) is 10.2. The Morgan fingerprint density at radius 2 is 2.22 bits per heavy atom. The second kappa shape index (κ2) is 5.57. The number of hydrogen-bond acceptors (Lipinski definition) is 4. The van der Waals surface area contributed by atoms with Crippen molar-refractivity contribution in [2.24, 2.45) is 5.84 Å². The van der Waals surface area contributed by atoms with Gasteiger partial charge in [0.2, 0.25) is 0 Å². The van der Waals surface area contributed by atoms with Crippen LogP contribution >= 0.6 is 11.6 Å². The Morgan fingerprint density at radius 1 is 1.39 bits per heavy atom. The summed E-state index contributed by atoms with van der Waals surface area (Å²) >= 11 is 5.82. The Balaban J connectivity index is 1.98. The van der Waals surface area contributed by atoms with Crippen molar-refractivity contribution in [1.82, 2.24) is 5.43 Å². The van der Waals surface area contributed by atoms with Crippen molar-refractivity contribution in [1.29, 1.82) is 0 Å². The third-order valence-corrected chi connectivity index (χ3v) is 2.43. The number of carbonyl (C=O) groups excluding carboxylic acids is 1. The van der Waals surface area contributed by atoms with Gasteiger partial charge in [0.15, 0.2) is 5.76 Å². The Morgan fingerprint density at radius 3 is 2.94 bits per heavy atom. The molecule has 0 aliphatic rings. The lowest BCUT2D eigenvalue weighted by Gasteiger charge is -2.04. The zero-order valence-electron chi connectivity index (χ0n) is 9.35. The van der Waals surface area contributed by atoms with Gasteiger partial charge in [0.25, 0.3) is 0 Å². The Hall–Kier alpha value is -1.98. The monoisotopic (exact) mass is 266 g/mol. The third kappa shape index (κ3) is 3.03. The van der Waals surface area contributed by atoms with Crippen LogP contribution in [0.25, 0.3) is 0 Å². The maximum atomic E-state index is 11.2. The minimum absolute atomic E-state index is 0.141. The summed E-state index contributed by atoms with van der Waals surface area (Å²) in [6.07, 6.45) is 0. The molecule has 2 aromatic rings. The number of ether oxygens (including phenoxy) is 1. The molecule has 0 unspecified atom stereocenters. The van der Waals surface area contributed by atoms with Gasteiger partial charge in [-0.1, -0.05) is 17.7 Å². The number of hydrazine groups is 1. The van der Waals surface area contributed by atoms with Crippen LogP contribution in [0.4, 0.5) is 0 Å². The lowest BCUT2D eigenvalue weighted by molar-refractivity contribution is 0.0922. The quantitative estimate of drug-likeness (QED) is 0.505. The van der Waals surface area contributed by atoms with E-state index in [0.29, 0.717) is 16.5 Å². The molecule has 0 saturated carbocycles. The van der Waals surface area contributed by atoms with Gasteiger partial charge in [-0.15, -0.1) is 0 Å². The summed E-state index contributed by atoms with van der Waals surface area (Å²) in [5.74, 6) is 5.80. The van der Waals surface area contributed by atoms with Gasteiger partial charge >= 0.3 is 5.91 Å². The van der Waals surface area contributed by atoms with E-state index >= 15 is 0 Å². The van der Waals surface area contributed by atoms with Crippen molar-refractivity contribution >= 4 is 17.5 Å². The number of nitrogens with one attached hydrogen (secondary N) is 1. The van der Waals surface area contributed by atoms with Crippen LogP contribution in [0.15, 0.2) is 40.8 Å². The molecule has 0 bridgehead atoms. The fourth-order valence-corrected chi connectivity index (χ4v) is 1.54. The smallest absolute Gasteiger partial charge is 0.300 e. The number of furan rings is 1. The van der Waals surface area contributed by atoms with Gasteiger partial charge in [-0.05, 0) is 30.3 Å². The summed E-state index contributed by atoms with van der Waals surface area (Å²) < 4.78 is 10.7. The molecule has 0 aliphatic carbocycles. The molecule has 1 aromatic carbocycles. The van der Waals surface area contributed by atoms with Crippen LogP contribution in [0.2, 0.25) is 5.02 Å². The number of benzene rings is 1. The first-order valence-corrected chi connectivity index (χ1v) is 5.55. The van der Waals surface area contributed by atoms with Crippen LogP contribution in [0.5, 0.6) is 5.75 Å². The standard InChI is InChI=1S/C12H11ClN2O3/c13-8-2-1-3-9(6-8)17-7-10-4-5-11(18-10)12(16)15-14/h1-6H,7,14H2,(H,15,16). The van der Waals surface area contributed by atoms with Gasteiger partial charge in [-0.2, -0.15) is 0 Å². The highest BCUT2D eigenvalue weighted by atomic mass is 35.5. The number of halogens is 1. The maximum Gasteiger partial charge on any atom is 0.300 e. The molecule has 5 nitrogen and oxygen atoms in total. The van der Waals surface area contributed by atoms with E-state index in [4.69, 9.17) is 26.6 Å². The normalized spacial score (nSPS) is 10.1. The van der Waals surface area contributed by atoms with E-state index in [2.05, 4.69) is 0 Å². The van der Waals surface area contributed by atoms with Crippen molar-refractivity contribution in [3.63, 3.8) is 0 Å². The van der Waals surface area contributed by atoms with Gasteiger partial charge < -0.3 is 9.15 Å². The molecule has 0 radical (unpaired) electrons. The van der Waals surface area contributed by atoms with Gasteiger partial charge in [-0.25, -0.2) is 5.84 Å². The van der Waals surface area contributed by atoms with Crippen molar-refractivity contribution in [2.45, 2.75) is 6.61 Å². The molecule has 1 aromatic heterocycles. The van der Waals surface area contributed by atoms with Crippen LogP contribution in [0, 0.1) is 0 Å². The molecule has 6 heteroatoms. The van der Waals surface area contributed by atoms with Crippen molar-refractivity contribution in [3.8, 4) is 5.75 Å². The second-order valence-corrected chi connectivity index (χ2v) is 3.92. The molecule has 0 atom stereocenters. The number of carbonyl (C=O) groups is 1. The van der Waals surface area contributed by atoms with Gasteiger partial charge in [-0.3, -0.25) is 10.2 Å². The van der Waals surface area contributed by atoms with E-state index < -0.39 is 5.91 Å². The predicted molar refractivity (Wildman–Crippen MR) is 66.1 cm³/mol. The maximum absolute atomic E-state index is 11.2. The number of hydrogen-bond donors (Lipinski definition) is 2. The Bertz CT molecular complexity index is 554. The first-order valence-electron chi connectivity index (χ1n) is 5.17. The number of amides is 1. The van der Waals surface area contributed by atoms with E-state index in [-0.39, 0.29) is 12.4 Å². The summed E-state index contributed by atoms with van der Waals surface area (Å²) in [7, 11) is 0. The molecule has 0 fully saturated rings. The topological polar surface area (TPSA) is 77.5 Å².